The Kier molecular flexibility index (Phi) is 3.75. The van der Waals surface area contributed by atoms with E-state index in [1.807, 2.05) is 6.07 Å². The first-order chi connectivity index (χ1) is 10.5. The van der Waals surface area contributed by atoms with Gasteiger partial charge in [-0.25, -0.2) is 4.39 Å². The summed E-state index contributed by atoms with van der Waals surface area (Å²) in [7, 11) is 0. The molecule has 3 aromatic rings. The highest BCUT2D eigenvalue weighted by Gasteiger charge is 2.12. The van der Waals surface area contributed by atoms with Crippen molar-refractivity contribution >= 4 is 10.9 Å². The number of aromatic hydroxyl groups is 1. The minimum Gasteiger partial charge on any atom is -0.508 e. The van der Waals surface area contributed by atoms with E-state index in [2.05, 4.69) is 18.4 Å². The number of phenols is 1. The van der Waals surface area contributed by atoms with Gasteiger partial charge in [0.25, 0.3) is 0 Å². The molecule has 0 spiro atoms. The molecule has 1 aromatic heterocycles. The van der Waals surface area contributed by atoms with Gasteiger partial charge >= 0.3 is 0 Å². The summed E-state index contributed by atoms with van der Waals surface area (Å²) < 4.78 is 21.3. The van der Waals surface area contributed by atoms with Crippen molar-refractivity contribution in [1.29, 1.82) is 0 Å². The lowest BCUT2D eigenvalue weighted by Crippen LogP contribution is -2.08. The van der Waals surface area contributed by atoms with Crippen LogP contribution >= 0.6 is 0 Å². The van der Waals surface area contributed by atoms with Gasteiger partial charge in [-0.3, -0.25) is 0 Å². The third-order valence-electron chi connectivity index (χ3n) is 3.62. The summed E-state index contributed by atoms with van der Waals surface area (Å²) in [6.07, 6.45) is 0. The van der Waals surface area contributed by atoms with Crippen LogP contribution in [0.15, 0.2) is 48.5 Å². The molecule has 0 aliphatic rings. The Morgan fingerprint density at radius 1 is 1.09 bits per heavy atom. The van der Waals surface area contributed by atoms with Crippen LogP contribution < -0.4 is 4.74 Å². The van der Waals surface area contributed by atoms with Gasteiger partial charge in [0.2, 0.25) is 0 Å². The molecule has 2 aromatic carbocycles. The third kappa shape index (κ3) is 2.77. The van der Waals surface area contributed by atoms with Crippen LogP contribution in [0.25, 0.3) is 10.9 Å². The normalized spacial score (nSPS) is 11.3. The van der Waals surface area contributed by atoms with Gasteiger partial charge in [0.05, 0.1) is 5.69 Å². The number of phenolic OH excluding ortho intramolecular Hbond substituents is 1. The molecule has 0 aliphatic carbocycles. The molecule has 0 radical (unpaired) electrons. The number of hydrogen-bond donors (Lipinski definition) is 1. The van der Waals surface area contributed by atoms with Crippen LogP contribution in [0.4, 0.5) is 4.39 Å². The van der Waals surface area contributed by atoms with Gasteiger partial charge in [-0.15, -0.1) is 0 Å². The monoisotopic (exact) mass is 299 g/mol. The van der Waals surface area contributed by atoms with Crippen molar-refractivity contribution in [3.63, 3.8) is 0 Å². The van der Waals surface area contributed by atoms with Gasteiger partial charge in [0.15, 0.2) is 0 Å². The van der Waals surface area contributed by atoms with Gasteiger partial charge in [-0.2, -0.15) is 0 Å². The molecule has 0 bridgehead atoms. The maximum Gasteiger partial charge on any atom is 0.128 e. The molecule has 3 rings (SSSR count). The lowest BCUT2D eigenvalue weighted by molar-refractivity contribution is 0.292. The highest BCUT2D eigenvalue weighted by molar-refractivity contribution is 5.81. The zero-order chi connectivity index (χ0) is 15.7. The summed E-state index contributed by atoms with van der Waals surface area (Å²) in [5, 5.41) is 10.2. The van der Waals surface area contributed by atoms with E-state index in [0.29, 0.717) is 12.4 Å². The van der Waals surface area contributed by atoms with E-state index in [1.165, 1.54) is 12.1 Å². The molecule has 0 atom stereocenters. The molecule has 0 saturated carbocycles. The fourth-order valence-electron chi connectivity index (χ4n) is 2.68. The smallest absolute Gasteiger partial charge is 0.128 e. The molecule has 22 heavy (non-hydrogen) atoms. The van der Waals surface area contributed by atoms with Crippen LogP contribution in [0.3, 0.4) is 0 Å². The van der Waals surface area contributed by atoms with Crippen molar-refractivity contribution < 1.29 is 14.2 Å². The first kappa shape index (κ1) is 14.4. The largest absolute Gasteiger partial charge is 0.508 e. The molecule has 3 nitrogen and oxygen atoms in total. The molecule has 0 saturated heterocycles. The van der Waals surface area contributed by atoms with Gasteiger partial charge in [0.1, 0.15) is 23.9 Å². The predicted molar refractivity (Wildman–Crippen MR) is 84.7 cm³/mol. The maximum atomic E-state index is 13.4. The predicted octanol–water partition coefficient (Wildman–Crippen LogP) is 4.65. The molecule has 0 unspecified atom stereocenters. The maximum absolute atomic E-state index is 13.4. The Bertz CT molecular complexity index is 791. The topological polar surface area (TPSA) is 34.4 Å². The minimum atomic E-state index is -0.237. The van der Waals surface area contributed by atoms with Gasteiger partial charge in [-0.05, 0) is 62.4 Å². The highest BCUT2D eigenvalue weighted by Crippen LogP contribution is 2.26. The van der Waals surface area contributed by atoms with E-state index >= 15 is 0 Å². The first-order valence-corrected chi connectivity index (χ1v) is 7.26. The lowest BCUT2D eigenvalue weighted by Gasteiger charge is -2.15. The fraction of sp³-hybridized carbons (Fsp3) is 0.222. The number of hydrogen-bond acceptors (Lipinski definition) is 2. The minimum absolute atomic E-state index is 0.208. The third-order valence-corrected chi connectivity index (χ3v) is 3.62. The number of ether oxygens (including phenoxy) is 1. The van der Waals surface area contributed by atoms with E-state index in [9.17, 15) is 9.50 Å². The number of nitrogens with zero attached hydrogens (tertiary/aromatic N) is 1. The molecular formula is C18H18FNO2. The Morgan fingerprint density at radius 3 is 2.50 bits per heavy atom. The van der Waals surface area contributed by atoms with Crippen LogP contribution in [-0.4, -0.2) is 9.67 Å². The second kappa shape index (κ2) is 5.72. The molecular weight excluding hydrogens is 281 g/mol. The van der Waals surface area contributed by atoms with Crippen molar-refractivity contribution in [3.05, 3.63) is 60.0 Å². The Hall–Kier alpha value is -2.49. The molecule has 0 fully saturated rings. The standard InChI is InChI=1S/C18H18FNO2/c1-12(2)20-15(10-13-9-14(19)3-8-18(13)20)11-22-17-6-4-16(21)5-7-17/h3-10,12,21H,11H2,1-2H3. The van der Waals surface area contributed by atoms with E-state index in [0.717, 1.165) is 16.6 Å². The summed E-state index contributed by atoms with van der Waals surface area (Å²) in [4.78, 5) is 0. The van der Waals surface area contributed by atoms with E-state index in [4.69, 9.17) is 4.74 Å². The first-order valence-electron chi connectivity index (χ1n) is 7.26. The zero-order valence-corrected chi connectivity index (χ0v) is 12.6. The van der Waals surface area contributed by atoms with Crippen molar-refractivity contribution in [2.45, 2.75) is 26.5 Å². The highest BCUT2D eigenvalue weighted by atomic mass is 19.1. The second-order valence-electron chi connectivity index (χ2n) is 5.59. The number of benzene rings is 2. The van der Waals surface area contributed by atoms with Crippen molar-refractivity contribution in [1.82, 2.24) is 4.57 Å². The van der Waals surface area contributed by atoms with Crippen LogP contribution in [0.2, 0.25) is 0 Å². The van der Waals surface area contributed by atoms with Gasteiger partial charge in [-0.1, -0.05) is 0 Å². The summed E-state index contributed by atoms with van der Waals surface area (Å²) in [5.41, 5.74) is 1.99. The average molecular weight is 299 g/mol. The Labute approximate surface area is 128 Å². The molecule has 1 heterocycles. The molecule has 0 amide bonds. The van der Waals surface area contributed by atoms with Crippen molar-refractivity contribution in [2.24, 2.45) is 0 Å². The molecule has 114 valence electrons. The van der Waals surface area contributed by atoms with Gasteiger partial charge < -0.3 is 14.4 Å². The van der Waals surface area contributed by atoms with E-state index in [-0.39, 0.29) is 17.6 Å². The zero-order valence-electron chi connectivity index (χ0n) is 12.6. The Morgan fingerprint density at radius 2 is 1.82 bits per heavy atom. The summed E-state index contributed by atoms with van der Waals surface area (Å²) >= 11 is 0. The fourth-order valence-corrected chi connectivity index (χ4v) is 2.68. The number of rotatable bonds is 4. The number of halogens is 1. The van der Waals surface area contributed by atoms with Crippen LogP contribution in [0.5, 0.6) is 11.5 Å². The van der Waals surface area contributed by atoms with Crippen LogP contribution in [0.1, 0.15) is 25.6 Å². The van der Waals surface area contributed by atoms with Crippen LogP contribution in [0, 0.1) is 5.82 Å². The SMILES string of the molecule is CC(C)n1c(COc2ccc(O)cc2)cc2cc(F)ccc21. The summed E-state index contributed by atoms with van der Waals surface area (Å²) in [6.45, 7) is 4.57. The summed E-state index contributed by atoms with van der Waals surface area (Å²) in [5.74, 6) is 0.656. The Balaban J connectivity index is 1.92. The second-order valence-corrected chi connectivity index (χ2v) is 5.59. The molecule has 1 N–H and O–H groups in total. The summed E-state index contributed by atoms with van der Waals surface area (Å²) in [6, 6.07) is 13.6. The number of aromatic nitrogens is 1. The van der Waals surface area contributed by atoms with Crippen molar-refractivity contribution in [3.8, 4) is 11.5 Å². The number of fused-ring (bicyclic) bond motifs is 1. The van der Waals surface area contributed by atoms with Gasteiger partial charge in [0, 0.05) is 16.9 Å². The quantitative estimate of drug-likeness (QED) is 0.761. The lowest BCUT2D eigenvalue weighted by atomic mass is 10.2. The average Bonchev–Trinajstić information content (AvgIpc) is 2.84. The van der Waals surface area contributed by atoms with E-state index < -0.39 is 0 Å². The molecule has 0 aliphatic heterocycles. The van der Waals surface area contributed by atoms with Crippen LogP contribution in [-0.2, 0) is 6.61 Å². The molecule has 4 heteroatoms. The van der Waals surface area contributed by atoms with E-state index in [1.54, 1.807) is 30.3 Å². The van der Waals surface area contributed by atoms with Crippen molar-refractivity contribution in [2.75, 3.05) is 0 Å².